The lowest BCUT2D eigenvalue weighted by molar-refractivity contribution is -0.135. The Bertz CT molecular complexity index is 749. The van der Waals surface area contributed by atoms with Crippen LogP contribution in [0.5, 0.6) is 0 Å². The third-order valence-electron chi connectivity index (χ3n) is 6.02. The largest absolute Gasteiger partial charge is 0.350 e. The molecule has 0 radical (unpaired) electrons. The highest BCUT2D eigenvalue weighted by Crippen LogP contribution is 2.29. The van der Waals surface area contributed by atoms with Gasteiger partial charge in [0.2, 0.25) is 5.91 Å². The van der Waals surface area contributed by atoms with Gasteiger partial charge < -0.3 is 16.4 Å². The zero-order valence-electron chi connectivity index (χ0n) is 17.1. The van der Waals surface area contributed by atoms with Crippen LogP contribution in [0, 0.1) is 12.8 Å². The molecule has 1 aliphatic heterocycles. The Morgan fingerprint density at radius 3 is 2.45 bits per heavy atom. The summed E-state index contributed by atoms with van der Waals surface area (Å²) in [5.74, 6) is -0.403. The first-order valence-corrected chi connectivity index (χ1v) is 10.1. The molecule has 2 aliphatic rings. The van der Waals surface area contributed by atoms with Gasteiger partial charge in [-0.3, -0.25) is 14.5 Å². The molecule has 2 unspecified atom stereocenters. The van der Waals surface area contributed by atoms with Gasteiger partial charge >= 0.3 is 6.03 Å². The van der Waals surface area contributed by atoms with Crippen LogP contribution in [-0.2, 0) is 15.1 Å². The highest BCUT2D eigenvalue weighted by atomic mass is 35.5. The van der Waals surface area contributed by atoms with E-state index in [1.807, 2.05) is 31.2 Å². The van der Waals surface area contributed by atoms with Crippen molar-refractivity contribution in [2.45, 2.75) is 57.5 Å². The molecule has 1 heterocycles. The molecule has 0 aromatic heterocycles. The number of nitrogens with one attached hydrogen (secondary N) is 2. The molecule has 3 rings (SSSR count). The molecule has 1 saturated heterocycles. The summed E-state index contributed by atoms with van der Waals surface area (Å²) in [6.07, 6.45) is 5.63. The summed E-state index contributed by atoms with van der Waals surface area (Å²) in [6, 6.07) is 6.77. The van der Waals surface area contributed by atoms with E-state index in [2.05, 4.69) is 10.6 Å². The normalized spacial score (nSPS) is 23.3. The molecule has 2 fully saturated rings. The lowest BCUT2D eigenvalue weighted by atomic mass is 9.84. The molecule has 2 atom stereocenters. The number of hydrogen-bond acceptors (Lipinski definition) is 4. The molecule has 8 heteroatoms. The fourth-order valence-electron chi connectivity index (χ4n) is 4.22. The summed E-state index contributed by atoms with van der Waals surface area (Å²) in [7, 11) is 0. The number of imide groups is 1. The van der Waals surface area contributed by atoms with E-state index in [0.717, 1.165) is 36.1 Å². The van der Waals surface area contributed by atoms with Gasteiger partial charge in [0, 0.05) is 12.6 Å². The summed E-state index contributed by atoms with van der Waals surface area (Å²) in [5.41, 5.74) is 6.47. The average Bonchev–Trinajstić information content (AvgIpc) is 2.91. The predicted molar refractivity (Wildman–Crippen MR) is 114 cm³/mol. The van der Waals surface area contributed by atoms with Gasteiger partial charge in [0.1, 0.15) is 12.1 Å². The van der Waals surface area contributed by atoms with Gasteiger partial charge in [0.15, 0.2) is 0 Å². The van der Waals surface area contributed by atoms with Crippen LogP contribution in [0.4, 0.5) is 4.79 Å². The maximum Gasteiger partial charge on any atom is 0.325 e. The molecule has 1 saturated carbocycles. The van der Waals surface area contributed by atoms with Crippen LogP contribution in [0.2, 0.25) is 0 Å². The van der Waals surface area contributed by atoms with Gasteiger partial charge in [-0.2, -0.15) is 0 Å². The lowest BCUT2D eigenvalue weighted by Crippen LogP contribution is -2.50. The van der Waals surface area contributed by atoms with Crippen molar-refractivity contribution in [3.05, 3.63) is 35.4 Å². The van der Waals surface area contributed by atoms with E-state index >= 15 is 0 Å². The second kappa shape index (κ2) is 9.59. The number of rotatable bonds is 6. The Morgan fingerprint density at radius 1 is 1.24 bits per heavy atom. The minimum Gasteiger partial charge on any atom is -0.350 e. The molecular weight excluding hydrogens is 392 g/mol. The number of hydrogen-bond donors (Lipinski definition) is 3. The second-order valence-electron chi connectivity index (χ2n) is 8.12. The Labute approximate surface area is 178 Å². The SMILES string of the molecule is Cc1ccc(C2(C)NC(=O)N(CC(=O)NC(CN)C3CCCCC3)C2=O)cc1.Cl. The Hall–Kier alpha value is -2.12. The van der Waals surface area contributed by atoms with E-state index in [-0.39, 0.29) is 30.9 Å². The molecule has 0 bridgehead atoms. The number of aryl methyl sites for hydroxylation is 1. The molecule has 1 aromatic carbocycles. The van der Waals surface area contributed by atoms with Crippen molar-refractivity contribution >= 4 is 30.3 Å². The molecule has 29 heavy (non-hydrogen) atoms. The Balaban J connectivity index is 0.00000300. The topological polar surface area (TPSA) is 105 Å². The van der Waals surface area contributed by atoms with Gasteiger partial charge in [-0.05, 0) is 38.2 Å². The van der Waals surface area contributed by atoms with Crippen molar-refractivity contribution < 1.29 is 14.4 Å². The Kier molecular flexibility index (Phi) is 7.66. The smallest absolute Gasteiger partial charge is 0.325 e. The third kappa shape index (κ3) is 4.90. The van der Waals surface area contributed by atoms with E-state index in [4.69, 9.17) is 5.73 Å². The van der Waals surface area contributed by atoms with E-state index in [9.17, 15) is 14.4 Å². The maximum atomic E-state index is 13.0. The molecule has 4 amide bonds. The average molecular weight is 423 g/mol. The van der Waals surface area contributed by atoms with Gasteiger partial charge in [0.05, 0.1) is 0 Å². The molecule has 4 N–H and O–H groups in total. The fourth-order valence-corrected chi connectivity index (χ4v) is 4.22. The number of nitrogens with two attached hydrogens (primary N) is 1. The monoisotopic (exact) mass is 422 g/mol. The van der Waals surface area contributed by atoms with Crippen LogP contribution in [0.15, 0.2) is 24.3 Å². The van der Waals surface area contributed by atoms with Crippen molar-refractivity contribution in [3.8, 4) is 0 Å². The summed E-state index contributed by atoms with van der Waals surface area (Å²) >= 11 is 0. The number of amides is 4. The van der Waals surface area contributed by atoms with Crippen molar-refractivity contribution in [3.63, 3.8) is 0 Å². The zero-order valence-corrected chi connectivity index (χ0v) is 17.9. The number of nitrogens with zero attached hydrogens (tertiary/aromatic N) is 1. The van der Waals surface area contributed by atoms with E-state index in [1.54, 1.807) is 6.92 Å². The standard InChI is InChI=1S/C21H30N4O3.ClH/c1-14-8-10-16(11-9-14)21(2)19(27)25(20(28)24-21)13-18(26)23-17(12-22)15-6-4-3-5-7-15;/h8-11,15,17H,3-7,12-13,22H2,1-2H3,(H,23,26)(H,24,28);1H. The highest BCUT2D eigenvalue weighted by Gasteiger charge is 2.49. The molecule has 1 aromatic rings. The summed E-state index contributed by atoms with van der Waals surface area (Å²) in [4.78, 5) is 38.9. The van der Waals surface area contributed by atoms with Gasteiger partial charge in [-0.15, -0.1) is 12.4 Å². The first kappa shape index (κ1) is 23.2. The van der Waals surface area contributed by atoms with Crippen molar-refractivity contribution in [2.24, 2.45) is 11.7 Å². The zero-order chi connectivity index (χ0) is 20.3. The molecule has 1 aliphatic carbocycles. The minimum absolute atomic E-state index is 0. The van der Waals surface area contributed by atoms with Crippen LogP contribution >= 0.6 is 12.4 Å². The molecule has 7 nitrogen and oxygen atoms in total. The summed E-state index contributed by atoms with van der Waals surface area (Å²) in [5, 5.41) is 5.68. The van der Waals surface area contributed by atoms with Crippen molar-refractivity contribution in [1.82, 2.24) is 15.5 Å². The number of urea groups is 1. The number of halogens is 1. The van der Waals surface area contributed by atoms with Crippen molar-refractivity contribution in [2.75, 3.05) is 13.1 Å². The quantitative estimate of drug-likeness (QED) is 0.611. The van der Waals surface area contributed by atoms with Gasteiger partial charge in [-0.25, -0.2) is 4.79 Å². The first-order chi connectivity index (χ1) is 13.3. The van der Waals surface area contributed by atoms with Crippen LogP contribution in [0.3, 0.4) is 0 Å². The molecule has 0 spiro atoms. The number of carbonyl (C=O) groups excluding carboxylic acids is 3. The fraction of sp³-hybridized carbons (Fsp3) is 0.571. The molecular formula is C21H31ClN4O3. The Morgan fingerprint density at radius 2 is 1.86 bits per heavy atom. The van der Waals surface area contributed by atoms with Crippen LogP contribution in [0.25, 0.3) is 0 Å². The highest BCUT2D eigenvalue weighted by molar-refractivity contribution is 6.09. The molecule has 160 valence electrons. The number of benzene rings is 1. The first-order valence-electron chi connectivity index (χ1n) is 10.1. The van der Waals surface area contributed by atoms with Gasteiger partial charge in [-0.1, -0.05) is 49.1 Å². The van der Waals surface area contributed by atoms with E-state index < -0.39 is 17.5 Å². The van der Waals surface area contributed by atoms with E-state index in [1.165, 1.54) is 6.42 Å². The van der Waals surface area contributed by atoms with Crippen LogP contribution < -0.4 is 16.4 Å². The van der Waals surface area contributed by atoms with E-state index in [0.29, 0.717) is 18.0 Å². The second-order valence-corrected chi connectivity index (χ2v) is 8.12. The van der Waals surface area contributed by atoms with Crippen molar-refractivity contribution in [1.29, 1.82) is 0 Å². The van der Waals surface area contributed by atoms with Gasteiger partial charge in [0.25, 0.3) is 5.91 Å². The van der Waals surface area contributed by atoms with Crippen LogP contribution in [0.1, 0.15) is 50.2 Å². The van der Waals surface area contributed by atoms with Crippen LogP contribution in [-0.4, -0.2) is 41.9 Å². The predicted octanol–water partition coefficient (Wildman–Crippen LogP) is 2.21. The minimum atomic E-state index is -1.16. The maximum absolute atomic E-state index is 13.0. The lowest BCUT2D eigenvalue weighted by Gasteiger charge is -2.30. The summed E-state index contributed by atoms with van der Waals surface area (Å²) in [6.45, 7) is 3.69. The summed E-state index contributed by atoms with van der Waals surface area (Å²) < 4.78 is 0. The third-order valence-corrected chi connectivity index (χ3v) is 6.02. The number of carbonyl (C=O) groups is 3.